The van der Waals surface area contributed by atoms with Crippen molar-refractivity contribution in [2.75, 3.05) is 5.32 Å². The number of aryl methyl sites for hydroxylation is 1. The van der Waals surface area contributed by atoms with Gasteiger partial charge in [-0.05, 0) is 30.7 Å². The lowest BCUT2D eigenvalue weighted by molar-refractivity contribution is -0.116. The van der Waals surface area contributed by atoms with E-state index in [9.17, 15) is 14.4 Å². The molecule has 0 radical (unpaired) electrons. The summed E-state index contributed by atoms with van der Waals surface area (Å²) < 4.78 is 6.42. The molecule has 0 aliphatic heterocycles. The number of rotatable bonds is 5. The van der Waals surface area contributed by atoms with Gasteiger partial charge in [-0.2, -0.15) is 0 Å². The number of anilines is 1. The number of nitrogens with zero attached hydrogens (tertiary/aromatic N) is 2. The second-order valence-corrected chi connectivity index (χ2v) is 6.49. The Morgan fingerprint density at radius 1 is 1.14 bits per heavy atom. The van der Waals surface area contributed by atoms with Crippen molar-refractivity contribution < 1.29 is 9.21 Å². The molecule has 2 N–H and O–H groups in total. The van der Waals surface area contributed by atoms with Crippen LogP contribution in [0.5, 0.6) is 0 Å². The molecule has 2 heterocycles. The molecule has 0 aliphatic rings. The fourth-order valence-electron chi connectivity index (χ4n) is 3.08. The van der Waals surface area contributed by atoms with Crippen molar-refractivity contribution >= 4 is 22.7 Å². The molecule has 0 unspecified atom stereocenters. The quantitative estimate of drug-likeness (QED) is 0.544. The molecule has 0 fully saturated rings. The van der Waals surface area contributed by atoms with Gasteiger partial charge >= 0.3 is 5.76 Å². The molecule has 2 aromatic heterocycles. The Labute approximate surface area is 164 Å². The molecule has 2 aromatic carbocycles. The first-order valence-electron chi connectivity index (χ1n) is 9.12. The highest BCUT2D eigenvalue weighted by Crippen LogP contribution is 2.19. The predicted octanol–water partition coefficient (Wildman–Crippen LogP) is 2.55. The van der Waals surface area contributed by atoms with E-state index in [1.54, 1.807) is 48.5 Å². The monoisotopic (exact) mass is 390 g/mol. The van der Waals surface area contributed by atoms with E-state index in [-0.39, 0.29) is 18.0 Å². The average molecular weight is 390 g/mol. The summed E-state index contributed by atoms with van der Waals surface area (Å²) in [5, 5.41) is 2.77. The summed E-state index contributed by atoms with van der Waals surface area (Å²) in [5.41, 5.74) is 2.63. The van der Waals surface area contributed by atoms with Gasteiger partial charge in [-0.25, -0.2) is 9.78 Å². The molecular weight excluding hydrogens is 372 g/mol. The highest BCUT2D eigenvalue weighted by atomic mass is 16.4. The van der Waals surface area contributed by atoms with Gasteiger partial charge in [0.05, 0.1) is 5.52 Å². The molecule has 4 rings (SSSR count). The standard InChI is InChI=1S/C21H18N4O4/c1-2-14-11-18(26)24-20(23-14)13-6-5-7-15(10-13)22-19(27)12-25-16-8-3-4-9-17(16)29-21(25)28/h3-11H,2,12H2,1H3,(H,22,27)(H,23,24,26). The number of nitrogens with one attached hydrogen (secondary N) is 2. The molecule has 0 spiro atoms. The topological polar surface area (TPSA) is 110 Å². The van der Waals surface area contributed by atoms with Gasteiger partial charge in [-0.15, -0.1) is 0 Å². The van der Waals surface area contributed by atoms with Crippen molar-refractivity contribution in [1.29, 1.82) is 0 Å². The molecule has 0 saturated carbocycles. The van der Waals surface area contributed by atoms with E-state index < -0.39 is 5.76 Å². The SMILES string of the molecule is CCc1cc(=O)[nH]c(-c2cccc(NC(=O)Cn3c(=O)oc4ccccc43)c2)n1. The molecule has 29 heavy (non-hydrogen) atoms. The number of hydrogen-bond acceptors (Lipinski definition) is 5. The first kappa shape index (κ1) is 18.4. The lowest BCUT2D eigenvalue weighted by Gasteiger charge is -2.08. The molecule has 4 aromatic rings. The van der Waals surface area contributed by atoms with Crippen LogP contribution in [0.15, 0.2) is 68.6 Å². The van der Waals surface area contributed by atoms with Crippen molar-refractivity contribution in [3.8, 4) is 11.4 Å². The Hall–Kier alpha value is -3.94. The lowest BCUT2D eigenvalue weighted by atomic mass is 10.1. The minimum atomic E-state index is -0.590. The Kier molecular flexibility index (Phi) is 4.82. The second kappa shape index (κ2) is 7.59. The lowest BCUT2D eigenvalue weighted by Crippen LogP contribution is -2.24. The van der Waals surface area contributed by atoms with E-state index in [1.807, 2.05) is 6.92 Å². The first-order valence-corrected chi connectivity index (χ1v) is 9.12. The number of carbonyl (C=O) groups is 1. The summed E-state index contributed by atoms with van der Waals surface area (Å²) in [7, 11) is 0. The van der Waals surface area contributed by atoms with Crippen molar-refractivity contribution in [2.24, 2.45) is 0 Å². The molecule has 0 atom stereocenters. The fourth-order valence-corrected chi connectivity index (χ4v) is 3.08. The van der Waals surface area contributed by atoms with Gasteiger partial charge in [-0.1, -0.05) is 31.2 Å². The molecule has 8 nitrogen and oxygen atoms in total. The summed E-state index contributed by atoms with van der Waals surface area (Å²) in [6, 6.07) is 15.4. The minimum Gasteiger partial charge on any atom is -0.408 e. The van der Waals surface area contributed by atoms with Gasteiger partial charge in [0.25, 0.3) is 5.56 Å². The average Bonchev–Trinajstić information content (AvgIpc) is 3.03. The number of benzene rings is 2. The van der Waals surface area contributed by atoms with E-state index in [1.165, 1.54) is 10.6 Å². The summed E-state index contributed by atoms with van der Waals surface area (Å²) in [5.74, 6) is -0.532. The van der Waals surface area contributed by atoms with Crippen molar-refractivity contribution in [3.63, 3.8) is 0 Å². The number of fused-ring (bicyclic) bond motifs is 1. The summed E-state index contributed by atoms with van der Waals surface area (Å²) in [6.07, 6.45) is 0.640. The van der Waals surface area contributed by atoms with E-state index in [0.29, 0.717) is 40.3 Å². The zero-order valence-corrected chi connectivity index (χ0v) is 15.6. The number of para-hydroxylation sites is 2. The van der Waals surface area contributed by atoms with Crippen molar-refractivity contribution in [1.82, 2.24) is 14.5 Å². The van der Waals surface area contributed by atoms with Gasteiger partial charge in [0.15, 0.2) is 5.58 Å². The second-order valence-electron chi connectivity index (χ2n) is 6.49. The van der Waals surface area contributed by atoms with Gasteiger partial charge in [0.2, 0.25) is 5.91 Å². The number of oxazole rings is 1. The predicted molar refractivity (Wildman–Crippen MR) is 109 cm³/mol. The van der Waals surface area contributed by atoms with Crippen LogP contribution in [-0.4, -0.2) is 20.4 Å². The molecule has 8 heteroatoms. The highest BCUT2D eigenvalue weighted by Gasteiger charge is 2.13. The Morgan fingerprint density at radius 2 is 1.97 bits per heavy atom. The Morgan fingerprint density at radius 3 is 2.79 bits per heavy atom. The molecule has 0 aliphatic carbocycles. The van der Waals surface area contributed by atoms with Crippen LogP contribution in [-0.2, 0) is 17.8 Å². The van der Waals surface area contributed by atoms with Crippen LogP contribution in [0.1, 0.15) is 12.6 Å². The third-order valence-corrected chi connectivity index (χ3v) is 4.45. The molecular formula is C21H18N4O4. The normalized spacial score (nSPS) is 10.9. The van der Waals surface area contributed by atoms with Crippen molar-refractivity contribution in [3.05, 3.63) is 81.2 Å². The molecule has 1 amide bonds. The summed E-state index contributed by atoms with van der Waals surface area (Å²) >= 11 is 0. The number of hydrogen-bond donors (Lipinski definition) is 2. The molecule has 146 valence electrons. The Balaban J connectivity index is 1.57. The van der Waals surface area contributed by atoms with Crippen LogP contribution in [0.2, 0.25) is 0 Å². The highest BCUT2D eigenvalue weighted by molar-refractivity contribution is 5.92. The van der Waals surface area contributed by atoms with Gasteiger partial charge < -0.3 is 14.7 Å². The maximum atomic E-state index is 12.5. The number of carbonyl (C=O) groups excluding carboxylic acids is 1. The smallest absolute Gasteiger partial charge is 0.408 e. The zero-order chi connectivity index (χ0) is 20.4. The van der Waals surface area contributed by atoms with E-state index in [2.05, 4.69) is 15.3 Å². The zero-order valence-electron chi connectivity index (χ0n) is 15.6. The largest absolute Gasteiger partial charge is 0.420 e. The van der Waals surface area contributed by atoms with E-state index in [4.69, 9.17) is 4.42 Å². The summed E-state index contributed by atoms with van der Waals surface area (Å²) in [6.45, 7) is 1.74. The number of H-pyrrole nitrogens is 1. The minimum absolute atomic E-state index is 0.180. The van der Waals surface area contributed by atoms with Gasteiger partial charge in [-0.3, -0.25) is 14.2 Å². The number of aromatic nitrogens is 3. The van der Waals surface area contributed by atoms with Crippen LogP contribution in [0, 0.1) is 0 Å². The maximum Gasteiger partial charge on any atom is 0.420 e. The maximum absolute atomic E-state index is 12.5. The van der Waals surface area contributed by atoms with Crippen LogP contribution < -0.4 is 16.6 Å². The number of aromatic amines is 1. The van der Waals surface area contributed by atoms with Crippen LogP contribution in [0.3, 0.4) is 0 Å². The molecule has 0 saturated heterocycles. The van der Waals surface area contributed by atoms with E-state index in [0.717, 1.165) is 0 Å². The summed E-state index contributed by atoms with van der Waals surface area (Å²) in [4.78, 5) is 43.5. The third-order valence-electron chi connectivity index (χ3n) is 4.45. The van der Waals surface area contributed by atoms with Gasteiger partial charge in [0, 0.05) is 23.0 Å². The van der Waals surface area contributed by atoms with Crippen LogP contribution >= 0.6 is 0 Å². The number of amides is 1. The van der Waals surface area contributed by atoms with E-state index >= 15 is 0 Å². The third kappa shape index (κ3) is 3.86. The van der Waals surface area contributed by atoms with Crippen LogP contribution in [0.25, 0.3) is 22.5 Å². The fraction of sp³-hybridized carbons (Fsp3) is 0.143. The first-order chi connectivity index (χ1) is 14.0. The van der Waals surface area contributed by atoms with Crippen LogP contribution in [0.4, 0.5) is 5.69 Å². The Bertz CT molecular complexity index is 1320. The van der Waals surface area contributed by atoms with Crippen molar-refractivity contribution in [2.45, 2.75) is 19.9 Å². The molecule has 0 bridgehead atoms. The van der Waals surface area contributed by atoms with Gasteiger partial charge in [0.1, 0.15) is 12.4 Å².